The van der Waals surface area contributed by atoms with Crippen molar-refractivity contribution in [2.75, 3.05) is 33.0 Å². The number of aromatic nitrogens is 2. The van der Waals surface area contributed by atoms with Crippen molar-refractivity contribution in [3.8, 4) is 0 Å². The number of quaternary nitrogens is 1. The Morgan fingerprint density at radius 3 is 2.58 bits per heavy atom. The van der Waals surface area contributed by atoms with Gasteiger partial charge in [0, 0.05) is 38.7 Å². The van der Waals surface area contributed by atoms with Gasteiger partial charge in [-0.05, 0) is 31.4 Å². The van der Waals surface area contributed by atoms with Crippen LogP contribution < -0.4 is 16.0 Å². The third-order valence-corrected chi connectivity index (χ3v) is 8.03. The zero-order valence-electron chi connectivity index (χ0n) is 21.3. The second-order valence-electron chi connectivity index (χ2n) is 10.0. The summed E-state index contributed by atoms with van der Waals surface area (Å²) >= 11 is 6.99. The van der Waals surface area contributed by atoms with Crippen LogP contribution >= 0.6 is 22.9 Å². The number of hydrogen-bond donors (Lipinski definition) is 3. The van der Waals surface area contributed by atoms with Crippen LogP contribution in [0.1, 0.15) is 39.6 Å². The summed E-state index contributed by atoms with van der Waals surface area (Å²) < 4.78 is -0.408. The second kappa shape index (κ2) is 11.3. The number of likely N-dealkylation sites (N-methyl/N-ethyl adjacent to an activating group) is 1. The van der Waals surface area contributed by atoms with E-state index in [1.165, 1.54) is 34.6 Å². The van der Waals surface area contributed by atoms with E-state index in [2.05, 4.69) is 25.9 Å². The number of pyridine rings is 1. The molecule has 3 N–H and O–H groups in total. The molecule has 0 bridgehead atoms. The summed E-state index contributed by atoms with van der Waals surface area (Å²) in [6.07, 6.45) is 3.00. The fourth-order valence-electron chi connectivity index (χ4n) is 4.70. The predicted octanol–water partition coefficient (Wildman–Crippen LogP) is 1.30. The van der Waals surface area contributed by atoms with E-state index >= 15 is 0 Å². The van der Waals surface area contributed by atoms with Gasteiger partial charge in [-0.2, -0.15) is 0 Å². The first-order valence-electron chi connectivity index (χ1n) is 12.2. The summed E-state index contributed by atoms with van der Waals surface area (Å²) in [5, 5.41) is 21.0. The van der Waals surface area contributed by atoms with E-state index < -0.39 is 34.5 Å². The molecule has 2 aromatic heterocycles. The lowest BCUT2D eigenvalue weighted by atomic mass is 9.81. The van der Waals surface area contributed by atoms with Crippen LogP contribution in [0, 0.1) is 11.1 Å². The van der Waals surface area contributed by atoms with Gasteiger partial charge in [-0.15, -0.1) is 11.3 Å². The molecule has 0 radical (unpaired) electrons. The Labute approximate surface area is 228 Å². The standard InChI is InChI=1S/C24H30ClN7O5S/c1-31(2)24(36)13-4-6-15(27-20(33)21(34)30-19-7-5-14(25)11-26-19)17(10-13)28-22(35)23-29-16-8-9-32(3,37)12-18(16)38-23/h5,7,11,13,15,17H,4,6,8-10,12H2,1-3H3,(H,27,33)(H,28,35)(H,26,30,34)/t13-,15-,17+,32+/m0/s1. The van der Waals surface area contributed by atoms with E-state index in [4.69, 9.17) is 11.6 Å². The Balaban J connectivity index is 1.46. The van der Waals surface area contributed by atoms with Crippen molar-refractivity contribution < 1.29 is 23.8 Å². The number of carbonyl (C=O) groups is 4. The number of nitrogens with zero attached hydrogens (tertiary/aromatic N) is 4. The number of nitrogens with one attached hydrogen (secondary N) is 3. The Hall–Kier alpha value is -3.13. The Morgan fingerprint density at radius 2 is 1.89 bits per heavy atom. The molecule has 2 aliphatic rings. The van der Waals surface area contributed by atoms with Gasteiger partial charge in [0.1, 0.15) is 12.4 Å². The van der Waals surface area contributed by atoms with E-state index in [0.29, 0.717) is 30.8 Å². The highest BCUT2D eigenvalue weighted by Crippen LogP contribution is 2.30. The number of amides is 4. The summed E-state index contributed by atoms with van der Waals surface area (Å²) in [6, 6.07) is 1.80. The lowest BCUT2D eigenvalue weighted by Gasteiger charge is -2.40. The molecule has 0 aromatic carbocycles. The maximum absolute atomic E-state index is 13.2. The molecule has 0 unspecified atom stereocenters. The summed E-state index contributed by atoms with van der Waals surface area (Å²) in [6.45, 7) is 0.663. The minimum Gasteiger partial charge on any atom is -0.633 e. The fraction of sp³-hybridized carbons (Fsp3) is 0.500. The Morgan fingerprint density at radius 1 is 1.13 bits per heavy atom. The molecule has 4 rings (SSSR count). The molecule has 12 nitrogen and oxygen atoms in total. The van der Waals surface area contributed by atoms with Crippen molar-refractivity contribution in [3.05, 3.63) is 44.1 Å². The van der Waals surface area contributed by atoms with E-state index in [-0.39, 0.29) is 35.6 Å². The third-order valence-electron chi connectivity index (χ3n) is 6.72. The van der Waals surface area contributed by atoms with Gasteiger partial charge in [0.15, 0.2) is 5.01 Å². The number of rotatable bonds is 5. The van der Waals surface area contributed by atoms with Crippen LogP contribution in [-0.2, 0) is 27.3 Å². The summed E-state index contributed by atoms with van der Waals surface area (Å²) in [5.74, 6) is -2.50. The normalized spacial score (nSPS) is 24.6. The lowest BCUT2D eigenvalue weighted by Crippen LogP contribution is -2.57. The Kier molecular flexibility index (Phi) is 8.31. The topological polar surface area (TPSA) is 156 Å². The first-order valence-corrected chi connectivity index (χ1v) is 13.4. The molecule has 4 amide bonds. The average molecular weight is 564 g/mol. The van der Waals surface area contributed by atoms with Crippen molar-refractivity contribution in [2.24, 2.45) is 5.92 Å². The molecule has 0 saturated heterocycles. The number of anilines is 1. The minimum atomic E-state index is -0.914. The van der Waals surface area contributed by atoms with Crippen LogP contribution in [0.2, 0.25) is 5.02 Å². The molecular formula is C24H30ClN7O5S. The second-order valence-corrected chi connectivity index (χ2v) is 11.6. The molecule has 1 fully saturated rings. The van der Waals surface area contributed by atoms with Gasteiger partial charge in [-0.3, -0.25) is 19.2 Å². The molecule has 204 valence electrons. The molecule has 14 heteroatoms. The molecule has 3 heterocycles. The van der Waals surface area contributed by atoms with Crippen molar-refractivity contribution in [2.45, 2.75) is 44.3 Å². The van der Waals surface area contributed by atoms with Crippen molar-refractivity contribution in [1.82, 2.24) is 25.5 Å². The molecule has 0 spiro atoms. The number of thiazole rings is 1. The number of fused-ring (bicyclic) bond motifs is 1. The lowest BCUT2D eigenvalue weighted by molar-refractivity contribution is -0.876. The van der Waals surface area contributed by atoms with Gasteiger partial charge in [-0.1, -0.05) is 11.6 Å². The first-order chi connectivity index (χ1) is 17.9. The number of hydroxylamine groups is 3. The van der Waals surface area contributed by atoms with Gasteiger partial charge in [0.05, 0.1) is 35.2 Å². The quantitative estimate of drug-likeness (QED) is 0.281. The highest BCUT2D eigenvalue weighted by atomic mass is 35.5. The van der Waals surface area contributed by atoms with E-state index in [1.54, 1.807) is 21.1 Å². The van der Waals surface area contributed by atoms with Crippen LogP contribution in [0.4, 0.5) is 5.82 Å². The van der Waals surface area contributed by atoms with Gasteiger partial charge in [-0.25, -0.2) is 9.97 Å². The molecule has 38 heavy (non-hydrogen) atoms. The van der Waals surface area contributed by atoms with Crippen LogP contribution in [0.3, 0.4) is 0 Å². The number of carbonyl (C=O) groups excluding carboxylic acids is 4. The maximum atomic E-state index is 13.2. The van der Waals surface area contributed by atoms with Crippen molar-refractivity contribution >= 4 is 52.4 Å². The zero-order chi connectivity index (χ0) is 27.6. The van der Waals surface area contributed by atoms with Crippen LogP contribution in [0.25, 0.3) is 0 Å². The van der Waals surface area contributed by atoms with E-state index in [9.17, 15) is 24.4 Å². The van der Waals surface area contributed by atoms with Gasteiger partial charge in [0.2, 0.25) is 5.91 Å². The SMILES string of the molecule is CN(C)C(=O)[C@H]1CC[C@H](NC(=O)C(=O)Nc2ccc(Cl)cn2)[C@H](NC(=O)c2nc3c(s2)C[N@+](C)([O-])CC3)C1. The Bertz CT molecular complexity index is 1230. The summed E-state index contributed by atoms with van der Waals surface area (Å²) in [7, 11) is 4.93. The number of halogens is 1. The summed E-state index contributed by atoms with van der Waals surface area (Å²) in [4.78, 5) is 61.7. The largest absolute Gasteiger partial charge is 0.633 e. The maximum Gasteiger partial charge on any atom is 0.314 e. The van der Waals surface area contributed by atoms with Gasteiger partial charge < -0.3 is 30.7 Å². The fourth-order valence-corrected chi connectivity index (χ4v) is 5.96. The monoisotopic (exact) mass is 563 g/mol. The van der Waals surface area contributed by atoms with E-state index in [1.807, 2.05) is 0 Å². The molecule has 4 atom stereocenters. The van der Waals surface area contributed by atoms with Crippen molar-refractivity contribution in [3.63, 3.8) is 0 Å². The molecular weight excluding hydrogens is 534 g/mol. The van der Waals surface area contributed by atoms with Crippen molar-refractivity contribution in [1.29, 1.82) is 0 Å². The molecule has 1 aliphatic heterocycles. The van der Waals surface area contributed by atoms with Crippen LogP contribution in [-0.4, -0.2) is 82.9 Å². The smallest absolute Gasteiger partial charge is 0.314 e. The van der Waals surface area contributed by atoms with Gasteiger partial charge in [0.25, 0.3) is 5.91 Å². The van der Waals surface area contributed by atoms with E-state index in [0.717, 1.165) is 10.6 Å². The average Bonchev–Trinajstić information content (AvgIpc) is 3.28. The molecule has 1 aliphatic carbocycles. The molecule has 2 aromatic rings. The van der Waals surface area contributed by atoms with Crippen LogP contribution in [0.15, 0.2) is 18.3 Å². The highest BCUT2D eigenvalue weighted by molar-refractivity contribution is 7.13. The van der Waals surface area contributed by atoms with Crippen LogP contribution in [0.5, 0.6) is 0 Å². The highest BCUT2D eigenvalue weighted by Gasteiger charge is 2.38. The molecule has 1 saturated carbocycles. The minimum absolute atomic E-state index is 0.0715. The first kappa shape index (κ1) is 27.9. The third kappa shape index (κ3) is 6.65. The number of hydrogen-bond acceptors (Lipinski definition) is 8. The van der Waals surface area contributed by atoms with Gasteiger partial charge >= 0.3 is 11.8 Å². The summed E-state index contributed by atoms with van der Waals surface area (Å²) in [5.41, 5.74) is 0.758. The predicted molar refractivity (Wildman–Crippen MR) is 141 cm³/mol. The zero-order valence-corrected chi connectivity index (χ0v) is 22.9.